The Labute approximate surface area is 150 Å². The summed E-state index contributed by atoms with van der Waals surface area (Å²) >= 11 is 0. The third-order valence-electron chi connectivity index (χ3n) is 3.44. The van der Waals surface area contributed by atoms with Gasteiger partial charge in [-0.1, -0.05) is 6.07 Å². The van der Waals surface area contributed by atoms with Crippen molar-refractivity contribution in [1.29, 1.82) is 0 Å². The topological polar surface area (TPSA) is 113 Å². The van der Waals surface area contributed by atoms with Gasteiger partial charge in [-0.15, -0.1) is 0 Å². The molecule has 1 heterocycles. The molecule has 0 atom stereocenters. The number of nitro benzene ring substituents is 1. The van der Waals surface area contributed by atoms with Gasteiger partial charge >= 0.3 is 0 Å². The summed E-state index contributed by atoms with van der Waals surface area (Å²) in [5.74, 6) is -0.208. The molecule has 0 aliphatic carbocycles. The van der Waals surface area contributed by atoms with E-state index in [-0.39, 0.29) is 35.9 Å². The minimum Gasteiger partial charge on any atom is -0.493 e. The highest BCUT2D eigenvalue weighted by Gasteiger charge is 2.24. The van der Waals surface area contributed by atoms with Crippen LogP contribution in [0.25, 0.3) is 0 Å². The highest BCUT2D eigenvalue weighted by atomic mass is 16.6. The van der Waals surface area contributed by atoms with Crippen molar-refractivity contribution in [1.82, 2.24) is 10.3 Å². The van der Waals surface area contributed by atoms with Crippen LogP contribution in [0.4, 0.5) is 5.69 Å². The van der Waals surface area contributed by atoms with Gasteiger partial charge in [0.25, 0.3) is 11.6 Å². The molecule has 9 heteroatoms. The molecule has 0 unspecified atom stereocenters. The molecule has 138 valence electrons. The van der Waals surface area contributed by atoms with Crippen LogP contribution in [-0.2, 0) is 11.3 Å². The molecule has 0 fully saturated rings. The lowest BCUT2D eigenvalue weighted by atomic mass is 10.1. The highest BCUT2D eigenvalue weighted by Crippen LogP contribution is 2.34. The summed E-state index contributed by atoms with van der Waals surface area (Å²) in [5.41, 5.74) is 0.284. The first kappa shape index (κ1) is 19.1. The van der Waals surface area contributed by atoms with Crippen LogP contribution in [0.1, 0.15) is 15.9 Å². The van der Waals surface area contributed by atoms with E-state index in [4.69, 9.17) is 14.2 Å². The summed E-state index contributed by atoms with van der Waals surface area (Å²) in [6, 6.07) is 5.99. The van der Waals surface area contributed by atoms with Crippen LogP contribution >= 0.6 is 0 Å². The molecule has 0 radical (unpaired) electrons. The molecule has 0 saturated heterocycles. The van der Waals surface area contributed by atoms with Crippen LogP contribution in [0.3, 0.4) is 0 Å². The minimum atomic E-state index is -0.637. The second-order valence-electron chi connectivity index (χ2n) is 5.16. The number of benzene rings is 1. The zero-order valence-electron chi connectivity index (χ0n) is 14.4. The van der Waals surface area contributed by atoms with Gasteiger partial charge in [0.15, 0.2) is 11.5 Å². The molecule has 1 aromatic carbocycles. The number of carbonyl (C=O) groups is 1. The SMILES string of the molecule is COCCOc1cc([N+](=O)[O-])c(C(=O)NCc2cccnc2)cc1OC. The monoisotopic (exact) mass is 361 g/mol. The third kappa shape index (κ3) is 4.90. The lowest BCUT2D eigenvalue weighted by molar-refractivity contribution is -0.385. The number of nitro groups is 1. The molecular weight excluding hydrogens is 342 g/mol. The molecule has 9 nitrogen and oxygen atoms in total. The van der Waals surface area contributed by atoms with Crippen molar-refractivity contribution in [3.63, 3.8) is 0 Å². The molecule has 0 aliphatic rings. The molecule has 0 saturated carbocycles. The number of ether oxygens (including phenoxy) is 3. The fraction of sp³-hybridized carbons (Fsp3) is 0.294. The molecule has 26 heavy (non-hydrogen) atoms. The third-order valence-corrected chi connectivity index (χ3v) is 3.44. The standard InChI is InChI=1S/C17H19N3O6/c1-24-6-7-26-16-9-14(20(22)23)13(8-15(16)25-2)17(21)19-11-12-4-3-5-18-10-12/h3-5,8-10H,6-7,11H2,1-2H3,(H,19,21). The van der Waals surface area contributed by atoms with Gasteiger partial charge in [0, 0.05) is 32.1 Å². The van der Waals surface area contributed by atoms with Gasteiger partial charge in [0.1, 0.15) is 12.2 Å². The quantitative estimate of drug-likeness (QED) is 0.412. The van der Waals surface area contributed by atoms with E-state index in [0.29, 0.717) is 6.61 Å². The van der Waals surface area contributed by atoms with Gasteiger partial charge in [-0.05, 0) is 11.6 Å². The lowest BCUT2D eigenvalue weighted by Crippen LogP contribution is -2.24. The number of amides is 1. The summed E-state index contributed by atoms with van der Waals surface area (Å²) in [4.78, 5) is 27.1. The number of nitrogens with zero attached hydrogens (tertiary/aromatic N) is 2. The zero-order valence-corrected chi connectivity index (χ0v) is 14.4. The summed E-state index contributed by atoms with van der Waals surface area (Å²) in [7, 11) is 2.90. The Hall–Kier alpha value is -3.20. The van der Waals surface area contributed by atoms with Gasteiger partial charge in [-0.2, -0.15) is 0 Å². The molecule has 0 aliphatic heterocycles. The summed E-state index contributed by atoms with van der Waals surface area (Å²) < 4.78 is 15.5. The van der Waals surface area contributed by atoms with E-state index in [2.05, 4.69) is 10.3 Å². The lowest BCUT2D eigenvalue weighted by Gasteiger charge is -2.13. The summed E-state index contributed by atoms with van der Waals surface area (Å²) in [6.45, 7) is 0.694. The maximum atomic E-state index is 12.4. The maximum Gasteiger partial charge on any atom is 0.286 e. The Balaban J connectivity index is 2.24. The molecule has 1 amide bonds. The Morgan fingerprint density at radius 2 is 2.08 bits per heavy atom. The van der Waals surface area contributed by atoms with E-state index < -0.39 is 10.8 Å². The molecule has 1 N–H and O–H groups in total. The Morgan fingerprint density at radius 1 is 1.27 bits per heavy atom. The van der Waals surface area contributed by atoms with Crippen LogP contribution in [0.2, 0.25) is 0 Å². The van der Waals surface area contributed by atoms with Gasteiger partial charge in [0.2, 0.25) is 0 Å². The van der Waals surface area contributed by atoms with Crippen molar-refractivity contribution >= 4 is 11.6 Å². The number of rotatable bonds is 9. The van der Waals surface area contributed by atoms with E-state index in [1.807, 2.05) is 0 Å². The molecule has 0 bridgehead atoms. The van der Waals surface area contributed by atoms with Gasteiger partial charge in [-0.25, -0.2) is 0 Å². The fourth-order valence-electron chi connectivity index (χ4n) is 2.17. The average Bonchev–Trinajstić information content (AvgIpc) is 2.66. The number of hydrogen-bond acceptors (Lipinski definition) is 7. The van der Waals surface area contributed by atoms with Crippen molar-refractivity contribution in [2.24, 2.45) is 0 Å². The normalized spacial score (nSPS) is 10.2. The van der Waals surface area contributed by atoms with Crippen molar-refractivity contribution in [3.8, 4) is 11.5 Å². The molecule has 0 spiro atoms. The zero-order chi connectivity index (χ0) is 18.9. The molecule has 1 aromatic heterocycles. The number of nitrogens with one attached hydrogen (secondary N) is 1. The first-order valence-corrected chi connectivity index (χ1v) is 7.72. The summed E-state index contributed by atoms with van der Waals surface area (Å²) in [5, 5.41) is 14.0. The van der Waals surface area contributed by atoms with Crippen LogP contribution in [0.15, 0.2) is 36.7 Å². The van der Waals surface area contributed by atoms with Crippen molar-refractivity contribution in [2.45, 2.75) is 6.54 Å². The van der Waals surface area contributed by atoms with Crippen LogP contribution in [-0.4, -0.2) is 43.2 Å². The second kappa shape index (κ2) is 9.33. The number of aromatic nitrogens is 1. The van der Waals surface area contributed by atoms with E-state index in [0.717, 1.165) is 5.56 Å². The minimum absolute atomic E-state index is 0.116. The van der Waals surface area contributed by atoms with E-state index in [1.165, 1.54) is 26.4 Å². The Morgan fingerprint density at radius 3 is 2.69 bits per heavy atom. The molecule has 2 rings (SSSR count). The highest BCUT2D eigenvalue weighted by molar-refractivity contribution is 5.99. The first-order chi connectivity index (χ1) is 12.6. The van der Waals surface area contributed by atoms with E-state index in [9.17, 15) is 14.9 Å². The van der Waals surface area contributed by atoms with Crippen LogP contribution < -0.4 is 14.8 Å². The van der Waals surface area contributed by atoms with E-state index in [1.54, 1.807) is 24.5 Å². The fourth-order valence-corrected chi connectivity index (χ4v) is 2.17. The Bertz CT molecular complexity index is 767. The average molecular weight is 361 g/mol. The van der Waals surface area contributed by atoms with Gasteiger partial charge < -0.3 is 19.5 Å². The number of methoxy groups -OCH3 is 2. The largest absolute Gasteiger partial charge is 0.493 e. The second-order valence-corrected chi connectivity index (χ2v) is 5.16. The number of pyridine rings is 1. The predicted octanol–water partition coefficient (Wildman–Crippen LogP) is 1.95. The van der Waals surface area contributed by atoms with E-state index >= 15 is 0 Å². The molecular formula is C17H19N3O6. The first-order valence-electron chi connectivity index (χ1n) is 7.72. The van der Waals surface area contributed by atoms with Crippen molar-refractivity contribution in [3.05, 3.63) is 57.9 Å². The van der Waals surface area contributed by atoms with Crippen molar-refractivity contribution in [2.75, 3.05) is 27.4 Å². The van der Waals surface area contributed by atoms with Crippen LogP contribution in [0.5, 0.6) is 11.5 Å². The predicted molar refractivity (Wildman–Crippen MR) is 92.4 cm³/mol. The van der Waals surface area contributed by atoms with Crippen LogP contribution in [0, 0.1) is 10.1 Å². The smallest absolute Gasteiger partial charge is 0.286 e. The van der Waals surface area contributed by atoms with Crippen molar-refractivity contribution < 1.29 is 23.9 Å². The Kier molecular flexibility index (Phi) is 6.86. The maximum absolute atomic E-state index is 12.4. The van der Waals surface area contributed by atoms with Gasteiger partial charge in [0.05, 0.1) is 24.7 Å². The number of hydrogen-bond donors (Lipinski definition) is 1. The molecule has 2 aromatic rings. The van der Waals surface area contributed by atoms with Gasteiger partial charge in [-0.3, -0.25) is 19.9 Å². The number of carbonyl (C=O) groups excluding carboxylic acids is 1. The summed E-state index contributed by atoms with van der Waals surface area (Å²) in [6.07, 6.45) is 3.21.